The number of amides is 2. The number of methoxy groups -OCH3 is 1. The topological polar surface area (TPSA) is 114 Å². The fourth-order valence-electron chi connectivity index (χ4n) is 4.01. The monoisotopic (exact) mass is 493 g/mol. The zero-order valence-electron chi connectivity index (χ0n) is 18.3. The molecule has 2 aliphatic rings. The minimum Gasteiger partial charge on any atom is -0.495 e. The molecule has 2 aliphatic heterocycles. The highest BCUT2D eigenvalue weighted by atomic mass is 35.5. The van der Waals surface area contributed by atoms with Crippen LogP contribution in [0.25, 0.3) is 0 Å². The maximum absolute atomic E-state index is 13.6. The lowest BCUT2D eigenvalue weighted by molar-refractivity contribution is -0.122. The Bertz CT molecular complexity index is 1230. The molecule has 0 spiro atoms. The number of hydrogen-bond donors (Lipinski definition) is 2. The van der Waals surface area contributed by atoms with Crippen molar-refractivity contribution < 1.29 is 27.5 Å². The molecule has 2 aromatic carbocycles. The van der Waals surface area contributed by atoms with Crippen molar-refractivity contribution in [2.75, 3.05) is 24.3 Å². The number of rotatable bonds is 5. The molecule has 0 aromatic heterocycles. The first kappa shape index (κ1) is 23.3. The second-order valence-corrected chi connectivity index (χ2v) is 10.2. The number of ether oxygens (including phenoxy) is 2. The number of sulfonamides is 1. The largest absolute Gasteiger partial charge is 0.495 e. The summed E-state index contributed by atoms with van der Waals surface area (Å²) in [6.07, 6.45) is 0.203. The van der Waals surface area contributed by atoms with E-state index in [0.717, 1.165) is 0 Å². The molecule has 2 aromatic rings. The van der Waals surface area contributed by atoms with Crippen LogP contribution in [0, 0.1) is 6.92 Å². The summed E-state index contributed by atoms with van der Waals surface area (Å²) in [5.41, 5.74) is 1.31. The predicted molar refractivity (Wildman–Crippen MR) is 123 cm³/mol. The lowest BCUT2D eigenvalue weighted by atomic mass is 10.1. The molecule has 0 aliphatic carbocycles. The summed E-state index contributed by atoms with van der Waals surface area (Å²) in [6, 6.07) is 6.91. The van der Waals surface area contributed by atoms with Gasteiger partial charge in [0.25, 0.3) is 5.91 Å². The molecule has 2 atom stereocenters. The maximum atomic E-state index is 13.6. The minimum atomic E-state index is -4.01. The van der Waals surface area contributed by atoms with Gasteiger partial charge in [-0.15, -0.1) is 0 Å². The van der Waals surface area contributed by atoms with Gasteiger partial charge in [-0.1, -0.05) is 11.6 Å². The van der Waals surface area contributed by atoms with E-state index in [1.807, 2.05) is 0 Å². The van der Waals surface area contributed by atoms with Gasteiger partial charge < -0.3 is 20.1 Å². The number of anilines is 2. The van der Waals surface area contributed by atoms with Crippen LogP contribution in [-0.4, -0.2) is 50.3 Å². The number of nitrogens with zero attached hydrogens (tertiary/aromatic N) is 1. The van der Waals surface area contributed by atoms with Gasteiger partial charge in [-0.05, 0) is 56.5 Å². The second kappa shape index (κ2) is 8.85. The standard InChI is InChI=1S/C22H24ClN3O6S/c1-12-9-16-19(32-13(2)21(27)25-16)11-20(12)33(29,30)26-8-4-5-17(26)22(28)24-14-6-7-18(31-3)15(23)10-14/h6-7,9-11,13,17H,4-5,8H2,1-3H3,(H,24,28)(H,25,27). The molecule has 33 heavy (non-hydrogen) atoms. The van der Waals surface area contributed by atoms with Crippen LogP contribution in [0.2, 0.25) is 5.02 Å². The molecule has 11 heteroatoms. The molecule has 9 nitrogen and oxygen atoms in total. The Hall–Kier alpha value is -2.82. The Kier molecular flexibility index (Phi) is 6.26. The summed E-state index contributed by atoms with van der Waals surface area (Å²) in [5.74, 6) is 0.00664. The van der Waals surface area contributed by atoms with Gasteiger partial charge in [0.1, 0.15) is 17.5 Å². The van der Waals surface area contributed by atoms with Crippen LogP contribution in [0.1, 0.15) is 25.3 Å². The van der Waals surface area contributed by atoms with Gasteiger partial charge >= 0.3 is 0 Å². The number of hydrogen-bond acceptors (Lipinski definition) is 6. The highest BCUT2D eigenvalue weighted by Gasteiger charge is 2.41. The van der Waals surface area contributed by atoms with Crippen molar-refractivity contribution in [2.45, 2.75) is 43.7 Å². The molecule has 1 fully saturated rings. The van der Waals surface area contributed by atoms with Gasteiger partial charge in [0.2, 0.25) is 15.9 Å². The summed E-state index contributed by atoms with van der Waals surface area (Å²) in [6.45, 7) is 3.44. The number of nitrogens with one attached hydrogen (secondary N) is 2. The van der Waals surface area contributed by atoms with Gasteiger partial charge in [-0.25, -0.2) is 8.42 Å². The highest BCUT2D eigenvalue weighted by molar-refractivity contribution is 7.89. The summed E-state index contributed by atoms with van der Waals surface area (Å²) >= 11 is 6.13. The number of carbonyl (C=O) groups is 2. The maximum Gasteiger partial charge on any atom is 0.265 e. The summed E-state index contributed by atoms with van der Waals surface area (Å²) in [5, 5.41) is 5.79. The van der Waals surface area contributed by atoms with Gasteiger partial charge in [0.15, 0.2) is 6.10 Å². The van der Waals surface area contributed by atoms with Crippen LogP contribution < -0.4 is 20.1 Å². The highest BCUT2D eigenvalue weighted by Crippen LogP contribution is 2.37. The molecular weight excluding hydrogens is 470 g/mol. The quantitative estimate of drug-likeness (QED) is 0.661. The zero-order chi connectivity index (χ0) is 23.9. The molecule has 2 unspecified atom stereocenters. The number of benzene rings is 2. The number of carbonyl (C=O) groups excluding carboxylic acids is 2. The van der Waals surface area contributed by atoms with Gasteiger partial charge in [0.05, 0.1) is 22.7 Å². The zero-order valence-corrected chi connectivity index (χ0v) is 19.9. The average molecular weight is 494 g/mol. The SMILES string of the molecule is COc1ccc(NC(=O)C2CCCN2S(=O)(=O)c2cc3c(cc2C)NC(=O)C(C)O3)cc1Cl. The fraction of sp³-hybridized carbons (Fsp3) is 0.364. The summed E-state index contributed by atoms with van der Waals surface area (Å²) < 4.78 is 39.0. The summed E-state index contributed by atoms with van der Waals surface area (Å²) in [4.78, 5) is 24.9. The van der Waals surface area contributed by atoms with E-state index >= 15 is 0 Å². The van der Waals surface area contributed by atoms with Crippen molar-refractivity contribution in [1.82, 2.24) is 4.31 Å². The third kappa shape index (κ3) is 4.38. The van der Waals surface area contributed by atoms with E-state index in [4.69, 9.17) is 21.1 Å². The first-order chi connectivity index (χ1) is 15.6. The van der Waals surface area contributed by atoms with E-state index in [1.54, 1.807) is 38.1 Å². The molecular formula is C22H24ClN3O6S. The van der Waals surface area contributed by atoms with Crippen molar-refractivity contribution >= 4 is 44.8 Å². The molecule has 176 valence electrons. The van der Waals surface area contributed by atoms with Crippen molar-refractivity contribution in [1.29, 1.82) is 0 Å². The Morgan fingerprint density at radius 2 is 2.06 bits per heavy atom. The van der Waals surface area contributed by atoms with E-state index in [1.165, 1.54) is 17.5 Å². The van der Waals surface area contributed by atoms with Crippen molar-refractivity contribution in [3.63, 3.8) is 0 Å². The molecule has 0 saturated carbocycles. The Morgan fingerprint density at radius 3 is 2.76 bits per heavy atom. The lowest BCUT2D eigenvalue weighted by Gasteiger charge is -2.27. The van der Waals surface area contributed by atoms with Crippen molar-refractivity contribution in [3.05, 3.63) is 40.9 Å². The normalized spacial score (nSPS) is 20.5. The summed E-state index contributed by atoms with van der Waals surface area (Å²) in [7, 11) is -2.52. The van der Waals surface area contributed by atoms with Crippen molar-refractivity contribution in [3.8, 4) is 11.5 Å². The van der Waals surface area contributed by atoms with Gasteiger partial charge in [-0.2, -0.15) is 4.31 Å². The molecule has 4 rings (SSSR count). The van der Waals surface area contributed by atoms with E-state index < -0.39 is 28.1 Å². The third-order valence-corrected chi connectivity index (χ3v) is 8.07. The first-order valence-corrected chi connectivity index (χ1v) is 12.2. The van der Waals surface area contributed by atoms with Crippen LogP contribution >= 0.6 is 11.6 Å². The van der Waals surface area contributed by atoms with Gasteiger partial charge in [0, 0.05) is 18.3 Å². The predicted octanol–water partition coefficient (Wildman–Crippen LogP) is 3.17. The molecule has 0 radical (unpaired) electrons. The Labute approximate surface area is 197 Å². The lowest BCUT2D eigenvalue weighted by Crippen LogP contribution is -2.43. The van der Waals surface area contributed by atoms with E-state index in [2.05, 4.69) is 10.6 Å². The van der Waals surface area contributed by atoms with Crippen LogP contribution in [0.5, 0.6) is 11.5 Å². The minimum absolute atomic E-state index is 0.0387. The molecule has 2 amide bonds. The number of halogens is 1. The number of aryl methyl sites for hydroxylation is 1. The van der Waals surface area contributed by atoms with Crippen LogP contribution in [-0.2, 0) is 19.6 Å². The first-order valence-electron chi connectivity index (χ1n) is 10.4. The second-order valence-electron chi connectivity index (χ2n) is 7.98. The van der Waals surface area contributed by atoms with E-state index in [9.17, 15) is 18.0 Å². The van der Waals surface area contributed by atoms with Crippen LogP contribution in [0.4, 0.5) is 11.4 Å². The molecule has 2 heterocycles. The van der Waals surface area contributed by atoms with Crippen LogP contribution in [0.3, 0.4) is 0 Å². The number of fused-ring (bicyclic) bond motifs is 1. The Morgan fingerprint density at radius 1 is 1.30 bits per heavy atom. The molecule has 0 bridgehead atoms. The third-order valence-electron chi connectivity index (χ3n) is 5.72. The van der Waals surface area contributed by atoms with E-state index in [-0.39, 0.29) is 23.1 Å². The fourth-order valence-corrected chi connectivity index (χ4v) is 6.14. The van der Waals surface area contributed by atoms with Crippen molar-refractivity contribution in [2.24, 2.45) is 0 Å². The molecule has 1 saturated heterocycles. The Balaban J connectivity index is 1.60. The van der Waals surface area contributed by atoms with E-state index in [0.29, 0.717) is 40.6 Å². The average Bonchev–Trinajstić information content (AvgIpc) is 3.26. The van der Waals surface area contributed by atoms with Crippen LogP contribution in [0.15, 0.2) is 35.2 Å². The smallest absolute Gasteiger partial charge is 0.265 e. The van der Waals surface area contributed by atoms with Gasteiger partial charge in [-0.3, -0.25) is 9.59 Å². The molecule has 2 N–H and O–H groups in total.